The van der Waals surface area contributed by atoms with E-state index in [1.165, 1.54) is 11.0 Å². The Bertz CT molecular complexity index is 422. The van der Waals surface area contributed by atoms with Crippen molar-refractivity contribution in [1.29, 1.82) is 0 Å². The lowest BCUT2D eigenvalue weighted by Gasteiger charge is -2.23. The number of nitro groups is 1. The normalized spacial score (nSPS) is 17.0. The first-order valence-electron chi connectivity index (χ1n) is 5.51. The Morgan fingerprint density at radius 3 is 2.76 bits per heavy atom. The molecule has 0 spiro atoms. The van der Waals surface area contributed by atoms with Gasteiger partial charge in [0.05, 0.1) is 18.0 Å². The third kappa shape index (κ3) is 3.34. The van der Waals surface area contributed by atoms with Crippen molar-refractivity contribution in [3.05, 3.63) is 38.9 Å². The predicted molar refractivity (Wildman–Crippen MR) is 69.8 cm³/mol. The van der Waals surface area contributed by atoms with Crippen molar-refractivity contribution in [2.75, 3.05) is 24.6 Å². The zero-order valence-electron chi connectivity index (χ0n) is 9.32. The average molecular weight is 274 g/mol. The maximum atomic E-state index is 10.7. The van der Waals surface area contributed by atoms with Gasteiger partial charge >= 0.3 is 0 Å². The van der Waals surface area contributed by atoms with Crippen molar-refractivity contribution in [2.45, 2.75) is 6.54 Å². The van der Waals surface area contributed by atoms with Gasteiger partial charge in [0.1, 0.15) is 6.54 Å². The summed E-state index contributed by atoms with van der Waals surface area (Å²) >= 11 is 8.04. The van der Waals surface area contributed by atoms with Gasteiger partial charge in [0, 0.05) is 34.2 Å². The Morgan fingerprint density at radius 2 is 2.12 bits per heavy atom. The van der Waals surface area contributed by atoms with Crippen LogP contribution < -0.4 is 4.90 Å². The van der Waals surface area contributed by atoms with Crippen LogP contribution in [0.25, 0.3) is 0 Å². The molecule has 92 valence electrons. The molecule has 6 heteroatoms. The molecule has 1 aliphatic rings. The van der Waals surface area contributed by atoms with Crippen molar-refractivity contribution in [2.24, 2.45) is 0 Å². The van der Waals surface area contributed by atoms with E-state index in [0.29, 0.717) is 5.02 Å². The molecular formula is C11H14ClN2O2S+. The third-order valence-electron chi connectivity index (χ3n) is 2.88. The molecule has 1 heterocycles. The molecule has 4 nitrogen and oxygen atoms in total. The first kappa shape index (κ1) is 12.7. The first-order valence-corrected chi connectivity index (χ1v) is 7.04. The first-order chi connectivity index (χ1) is 8.16. The van der Waals surface area contributed by atoms with E-state index in [-0.39, 0.29) is 10.6 Å². The van der Waals surface area contributed by atoms with E-state index in [9.17, 15) is 10.1 Å². The highest BCUT2D eigenvalue weighted by Gasteiger charge is 2.17. The van der Waals surface area contributed by atoms with Crippen LogP contribution in [-0.4, -0.2) is 29.5 Å². The minimum Gasteiger partial charge on any atom is -0.330 e. The molecule has 0 aromatic heterocycles. The molecule has 0 saturated carbocycles. The van der Waals surface area contributed by atoms with Gasteiger partial charge in [0.25, 0.3) is 5.69 Å². The zero-order valence-corrected chi connectivity index (χ0v) is 10.9. The van der Waals surface area contributed by atoms with Gasteiger partial charge in [-0.05, 0) is 6.07 Å². The van der Waals surface area contributed by atoms with Crippen LogP contribution in [0.3, 0.4) is 0 Å². The molecule has 1 aromatic rings. The minimum atomic E-state index is -0.374. The van der Waals surface area contributed by atoms with E-state index >= 15 is 0 Å². The van der Waals surface area contributed by atoms with E-state index in [1.54, 1.807) is 12.1 Å². The Kier molecular flexibility index (Phi) is 4.25. The molecule has 0 aliphatic carbocycles. The SMILES string of the molecule is O=[N+]([O-])c1ccc(Cl)c(C[NH+]2CCSCC2)c1. The number of nitrogens with one attached hydrogen (secondary N) is 1. The Hall–Kier alpha value is -0.780. The molecule has 1 aromatic carbocycles. The third-order valence-corrected chi connectivity index (χ3v) is 4.23. The van der Waals surface area contributed by atoms with E-state index in [4.69, 9.17) is 11.6 Å². The highest BCUT2D eigenvalue weighted by Crippen LogP contribution is 2.21. The van der Waals surface area contributed by atoms with Crippen LogP contribution in [0.5, 0.6) is 0 Å². The number of nitrogens with zero attached hydrogens (tertiary/aromatic N) is 1. The van der Waals surface area contributed by atoms with Crippen LogP contribution in [0, 0.1) is 10.1 Å². The number of hydrogen-bond donors (Lipinski definition) is 1. The summed E-state index contributed by atoms with van der Waals surface area (Å²) in [6, 6.07) is 4.66. The maximum Gasteiger partial charge on any atom is 0.270 e. The fourth-order valence-electron chi connectivity index (χ4n) is 1.92. The molecule has 0 unspecified atom stereocenters. The number of hydrogen-bond acceptors (Lipinski definition) is 3. The second-order valence-corrected chi connectivity index (χ2v) is 5.70. The van der Waals surface area contributed by atoms with E-state index < -0.39 is 0 Å². The number of rotatable bonds is 3. The summed E-state index contributed by atoms with van der Waals surface area (Å²) in [4.78, 5) is 11.8. The van der Waals surface area contributed by atoms with E-state index in [2.05, 4.69) is 0 Å². The summed E-state index contributed by atoms with van der Waals surface area (Å²) in [6.45, 7) is 2.98. The highest BCUT2D eigenvalue weighted by molar-refractivity contribution is 7.99. The topological polar surface area (TPSA) is 47.6 Å². The van der Waals surface area contributed by atoms with Gasteiger partial charge in [-0.2, -0.15) is 11.8 Å². The molecule has 17 heavy (non-hydrogen) atoms. The monoisotopic (exact) mass is 273 g/mol. The van der Waals surface area contributed by atoms with Crippen molar-refractivity contribution in [3.8, 4) is 0 Å². The van der Waals surface area contributed by atoms with Crippen LogP contribution in [0.15, 0.2) is 18.2 Å². The summed E-state index contributed by atoms with van der Waals surface area (Å²) in [5.41, 5.74) is 0.998. The highest BCUT2D eigenvalue weighted by atomic mass is 35.5. The molecule has 0 bridgehead atoms. The van der Waals surface area contributed by atoms with Gasteiger partial charge in [-0.1, -0.05) is 11.6 Å². The van der Waals surface area contributed by atoms with Gasteiger partial charge in [0.2, 0.25) is 0 Å². The van der Waals surface area contributed by atoms with Crippen molar-refractivity contribution < 1.29 is 9.82 Å². The summed E-state index contributed by atoms with van der Waals surface area (Å²) in [6.07, 6.45) is 0. The summed E-state index contributed by atoms with van der Waals surface area (Å²) < 4.78 is 0. The summed E-state index contributed by atoms with van der Waals surface area (Å²) in [5.74, 6) is 2.31. The van der Waals surface area contributed by atoms with Crippen molar-refractivity contribution in [1.82, 2.24) is 0 Å². The fourth-order valence-corrected chi connectivity index (χ4v) is 3.17. The quantitative estimate of drug-likeness (QED) is 0.669. The number of halogens is 1. The van der Waals surface area contributed by atoms with Crippen LogP contribution in [0.1, 0.15) is 5.56 Å². The Balaban J connectivity index is 2.13. The molecule has 0 atom stereocenters. The number of benzene rings is 1. The van der Waals surface area contributed by atoms with Crippen molar-refractivity contribution >= 4 is 29.1 Å². The smallest absolute Gasteiger partial charge is 0.270 e. The largest absolute Gasteiger partial charge is 0.330 e. The standard InChI is InChI=1S/C11H13ClN2O2S/c12-11-2-1-10(14(15)16)7-9(11)8-13-3-5-17-6-4-13/h1-2,7H,3-6,8H2/p+1. The molecule has 1 fully saturated rings. The van der Waals surface area contributed by atoms with Crippen LogP contribution in [0.2, 0.25) is 5.02 Å². The molecule has 0 radical (unpaired) electrons. The van der Waals surface area contributed by atoms with Gasteiger partial charge in [-0.3, -0.25) is 10.1 Å². The number of quaternary nitrogens is 1. The van der Waals surface area contributed by atoms with Crippen molar-refractivity contribution in [3.63, 3.8) is 0 Å². The lowest BCUT2D eigenvalue weighted by molar-refractivity contribution is -0.910. The Morgan fingerprint density at radius 1 is 1.41 bits per heavy atom. The summed E-state index contributed by atoms with van der Waals surface area (Å²) in [5, 5.41) is 11.3. The molecule has 1 aliphatic heterocycles. The second-order valence-electron chi connectivity index (χ2n) is 4.07. The lowest BCUT2D eigenvalue weighted by Crippen LogP contribution is -3.12. The number of nitro benzene ring substituents is 1. The van der Waals surface area contributed by atoms with Gasteiger partial charge in [-0.15, -0.1) is 0 Å². The number of thioether (sulfide) groups is 1. The molecule has 2 rings (SSSR count). The molecule has 1 saturated heterocycles. The summed E-state index contributed by atoms with van der Waals surface area (Å²) in [7, 11) is 0. The van der Waals surface area contributed by atoms with E-state index in [0.717, 1.165) is 36.7 Å². The average Bonchev–Trinajstić information content (AvgIpc) is 2.33. The fraction of sp³-hybridized carbons (Fsp3) is 0.455. The maximum absolute atomic E-state index is 10.7. The Labute approximate surface area is 109 Å². The van der Waals surface area contributed by atoms with Crippen LogP contribution in [-0.2, 0) is 6.54 Å². The number of non-ortho nitro benzene ring substituents is 1. The minimum absolute atomic E-state index is 0.121. The predicted octanol–water partition coefficient (Wildman–Crippen LogP) is 1.38. The lowest BCUT2D eigenvalue weighted by atomic mass is 10.2. The molecule has 0 amide bonds. The van der Waals surface area contributed by atoms with Crippen LogP contribution >= 0.6 is 23.4 Å². The molecule has 1 N–H and O–H groups in total. The van der Waals surface area contributed by atoms with Gasteiger partial charge in [0.15, 0.2) is 0 Å². The van der Waals surface area contributed by atoms with Crippen LogP contribution in [0.4, 0.5) is 5.69 Å². The van der Waals surface area contributed by atoms with Gasteiger partial charge in [-0.25, -0.2) is 0 Å². The van der Waals surface area contributed by atoms with E-state index in [1.807, 2.05) is 11.8 Å². The van der Waals surface area contributed by atoms with Gasteiger partial charge < -0.3 is 4.90 Å². The zero-order chi connectivity index (χ0) is 12.3. The second kappa shape index (κ2) is 5.71. The molecular weight excluding hydrogens is 260 g/mol.